The molecule has 96 valence electrons. The average molecular weight is 278 g/mol. The SMILES string of the molecule is Fc1ccc(-c2ccc(C#Cc3ccccc3)s2)cc1. The van der Waals surface area contributed by atoms with Crippen molar-refractivity contribution in [2.24, 2.45) is 0 Å². The fourth-order valence-corrected chi connectivity index (χ4v) is 2.69. The molecule has 0 atom stereocenters. The van der Waals surface area contributed by atoms with E-state index in [1.54, 1.807) is 23.5 Å². The zero-order valence-corrected chi connectivity index (χ0v) is 11.5. The van der Waals surface area contributed by atoms with Crippen molar-refractivity contribution < 1.29 is 4.39 Å². The molecular weight excluding hydrogens is 267 g/mol. The van der Waals surface area contributed by atoms with Crippen LogP contribution in [0.25, 0.3) is 10.4 Å². The standard InChI is InChI=1S/C18H11FS/c19-16-9-7-15(8-10-16)18-13-12-17(20-18)11-6-14-4-2-1-3-5-14/h1-5,7-10,12-13H. The van der Waals surface area contributed by atoms with E-state index < -0.39 is 0 Å². The summed E-state index contributed by atoms with van der Waals surface area (Å²) in [5.41, 5.74) is 2.02. The Kier molecular flexibility index (Phi) is 3.62. The lowest BCUT2D eigenvalue weighted by atomic mass is 10.2. The minimum atomic E-state index is -0.214. The summed E-state index contributed by atoms with van der Waals surface area (Å²) < 4.78 is 12.9. The highest BCUT2D eigenvalue weighted by Crippen LogP contribution is 2.27. The molecule has 0 bridgehead atoms. The summed E-state index contributed by atoms with van der Waals surface area (Å²) in [4.78, 5) is 2.11. The number of thiophene rings is 1. The van der Waals surface area contributed by atoms with Crippen molar-refractivity contribution in [1.29, 1.82) is 0 Å². The maximum atomic E-state index is 12.9. The van der Waals surface area contributed by atoms with Crippen LogP contribution in [0.1, 0.15) is 10.4 Å². The van der Waals surface area contributed by atoms with Gasteiger partial charge in [0, 0.05) is 10.4 Å². The molecule has 0 spiro atoms. The Hall–Kier alpha value is -2.37. The molecule has 0 N–H and O–H groups in total. The van der Waals surface area contributed by atoms with Gasteiger partial charge in [0.2, 0.25) is 0 Å². The van der Waals surface area contributed by atoms with Gasteiger partial charge in [-0.05, 0) is 42.0 Å². The molecule has 20 heavy (non-hydrogen) atoms. The maximum absolute atomic E-state index is 12.9. The van der Waals surface area contributed by atoms with E-state index in [-0.39, 0.29) is 5.82 Å². The second-order valence-electron chi connectivity index (χ2n) is 4.29. The van der Waals surface area contributed by atoms with Crippen LogP contribution in [0.15, 0.2) is 66.7 Å². The van der Waals surface area contributed by atoms with Crippen LogP contribution in [0.5, 0.6) is 0 Å². The average Bonchev–Trinajstić information content (AvgIpc) is 2.96. The van der Waals surface area contributed by atoms with Gasteiger partial charge in [-0.1, -0.05) is 42.2 Å². The van der Waals surface area contributed by atoms with Crippen molar-refractivity contribution in [3.05, 3.63) is 83.0 Å². The zero-order valence-electron chi connectivity index (χ0n) is 10.6. The molecule has 0 saturated heterocycles. The van der Waals surface area contributed by atoms with E-state index in [0.717, 1.165) is 20.9 Å². The highest BCUT2D eigenvalue weighted by Gasteiger charge is 2.01. The molecule has 0 aliphatic heterocycles. The van der Waals surface area contributed by atoms with Gasteiger partial charge >= 0.3 is 0 Å². The molecule has 0 aliphatic rings. The Bertz CT molecular complexity index is 758. The minimum Gasteiger partial charge on any atom is -0.207 e. The number of benzene rings is 2. The van der Waals surface area contributed by atoms with E-state index in [1.165, 1.54) is 12.1 Å². The van der Waals surface area contributed by atoms with E-state index in [1.807, 2.05) is 42.5 Å². The summed E-state index contributed by atoms with van der Waals surface area (Å²) in [5, 5.41) is 0. The van der Waals surface area contributed by atoms with Crippen molar-refractivity contribution in [2.45, 2.75) is 0 Å². The summed E-state index contributed by atoms with van der Waals surface area (Å²) in [7, 11) is 0. The van der Waals surface area contributed by atoms with E-state index in [4.69, 9.17) is 0 Å². The van der Waals surface area contributed by atoms with Crippen molar-refractivity contribution in [1.82, 2.24) is 0 Å². The fraction of sp³-hybridized carbons (Fsp3) is 0. The van der Waals surface area contributed by atoms with Crippen molar-refractivity contribution >= 4 is 11.3 Å². The Balaban J connectivity index is 1.84. The lowest BCUT2D eigenvalue weighted by molar-refractivity contribution is 0.628. The van der Waals surface area contributed by atoms with E-state index in [2.05, 4.69) is 11.8 Å². The van der Waals surface area contributed by atoms with Crippen LogP contribution in [0.4, 0.5) is 4.39 Å². The van der Waals surface area contributed by atoms with Gasteiger partial charge in [0.15, 0.2) is 0 Å². The van der Waals surface area contributed by atoms with Crippen LogP contribution < -0.4 is 0 Å². The lowest BCUT2D eigenvalue weighted by Crippen LogP contribution is -1.73. The third kappa shape index (κ3) is 2.96. The first-order valence-corrected chi connectivity index (χ1v) is 7.06. The lowest BCUT2D eigenvalue weighted by Gasteiger charge is -1.95. The number of halogens is 1. The first-order chi connectivity index (χ1) is 9.81. The van der Waals surface area contributed by atoms with Gasteiger partial charge in [0.05, 0.1) is 4.88 Å². The molecule has 0 nitrogen and oxygen atoms in total. The maximum Gasteiger partial charge on any atom is 0.123 e. The Morgan fingerprint density at radius 2 is 1.50 bits per heavy atom. The monoisotopic (exact) mass is 278 g/mol. The van der Waals surface area contributed by atoms with Crippen LogP contribution in [-0.4, -0.2) is 0 Å². The second kappa shape index (κ2) is 5.73. The molecular formula is C18H11FS. The molecule has 2 aromatic carbocycles. The molecule has 0 amide bonds. The molecule has 1 heterocycles. The summed E-state index contributed by atoms with van der Waals surface area (Å²) >= 11 is 1.62. The van der Waals surface area contributed by atoms with Gasteiger partial charge in [0.1, 0.15) is 5.82 Å². The Morgan fingerprint density at radius 3 is 2.25 bits per heavy atom. The van der Waals surface area contributed by atoms with Crippen molar-refractivity contribution in [3.8, 4) is 22.3 Å². The molecule has 2 heteroatoms. The van der Waals surface area contributed by atoms with Gasteiger partial charge in [-0.15, -0.1) is 11.3 Å². The van der Waals surface area contributed by atoms with Crippen molar-refractivity contribution in [2.75, 3.05) is 0 Å². The van der Waals surface area contributed by atoms with Crippen LogP contribution in [0.2, 0.25) is 0 Å². The summed E-state index contributed by atoms with van der Waals surface area (Å²) in [6, 6.07) is 20.4. The molecule has 0 saturated carbocycles. The summed E-state index contributed by atoms with van der Waals surface area (Å²) in [6.07, 6.45) is 0. The highest BCUT2D eigenvalue weighted by atomic mass is 32.1. The predicted molar refractivity (Wildman–Crippen MR) is 82.1 cm³/mol. The highest BCUT2D eigenvalue weighted by molar-refractivity contribution is 7.16. The van der Waals surface area contributed by atoms with E-state index in [0.29, 0.717) is 0 Å². The smallest absolute Gasteiger partial charge is 0.123 e. The largest absolute Gasteiger partial charge is 0.207 e. The van der Waals surface area contributed by atoms with Gasteiger partial charge in [-0.2, -0.15) is 0 Å². The first kappa shape index (κ1) is 12.7. The number of hydrogen-bond donors (Lipinski definition) is 0. The summed E-state index contributed by atoms with van der Waals surface area (Å²) in [5.74, 6) is 6.08. The van der Waals surface area contributed by atoms with Gasteiger partial charge in [-0.3, -0.25) is 0 Å². The molecule has 1 aromatic heterocycles. The van der Waals surface area contributed by atoms with Gasteiger partial charge in [0.25, 0.3) is 0 Å². The fourth-order valence-electron chi connectivity index (χ4n) is 1.83. The van der Waals surface area contributed by atoms with Crippen LogP contribution in [0.3, 0.4) is 0 Å². The quantitative estimate of drug-likeness (QED) is 0.552. The molecule has 0 aliphatic carbocycles. The third-order valence-corrected chi connectivity index (χ3v) is 3.89. The minimum absolute atomic E-state index is 0.214. The van der Waals surface area contributed by atoms with Crippen LogP contribution in [-0.2, 0) is 0 Å². The van der Waals surface area contributed by atoms with Crippen LogP contribution >= 0.6 is 11.3 Å². The number of hydrogen-bond acceptors (Lipinski definition) is 1. The molecule has 0 radical (unpaired) electrons. The predicted octanol–water partition coefficient (Wildman–Crippen LogP) is 4.95. The topological polar surface area (TPSA) is 0 Å². The van der Waals surface area contributed by atoms with Gasteiger partial charge in [-0.25, -0.2) is 4.39 Å². The zero-order chi connectivity index (χ0) is 13.8. The third-order valence-electron chi connectivity index (χ3n) is 2.84. The van der Waals surface area contributed by atoms with Crippen LogP contribution in [0, 0.1) is 17.7 Å². The Labute approximate surface area is 121 Å². The molecule has 0 unspecified atom stereocenters. The first-order valence-electron chi connectivity index (χ1n) is 6.24. The molecule has 0 fully saturated rings. The number of rotatable bonds is 1. The Morgan fingerprint density at radius 1 is 0.750 bits per heavy atom. The van der Waals surface area contributed by atoms with E-state index in [9.17, 15) is 4.39 Å². The normalized spacial score (nSPS) is 9.85. The summed E-state index contributed by atoms with van der Waals surface area (Å²) in [6.45, 7) is 0. The molecule has 3 rings (SSSR count). The van der Waals surface area contributed by atoms with Gasteiger partial charge < -0.3 is 0 Å². The second-order valence-corrected chi connectivity index (χ2v) is 5.37. The molecule has 3 aromatic rings. The van der Waals surface area contributed by atoms with Crippen molar-refractivity contribution in [3.63, 3.8) is 0 Å². The van der Waals surface area contributed by atoms with E-state index >= 15 is 0 Å².